The number of hydrogen-bond acceptors (Lipinski definition) is 6. The topological polar surface area (TPSA) is 77.7 Å². The van der Waals surface area contributed by atoms with Gasteiger partial charge in [0.1, 0.15) is 12.4 Å². The molecule has 3 rings (SSSR count). The second-order valence-electron chi connectivity index (χ2n) is 5.06. The number of carbonyl (C=O) groups excluding carboxylic acids is 1. The number of piperidine rings is 1. The van der Waals surface area contributed by atoms with Gasteiger partial charge in [-0.25, -0.2) is 0 Å². The SMILES string of the molecule is COc1ccc(OC2CCCN(C(=O)c3ccoc3)C2)nn1. The molecule has 7 nitrogen and oxygen atoms in total. The summed E-state index contributed by atoms with van der Waals surface area (Å²) in [4.78, 5) is 14.1. The molecule has 0 spiro atoms. The van der Waals surface area contributed by atoms with Gasteiger partial charge >= 0.3 is 0 Å². The number of aromatic nitrogens is 2. The Balaban J connectivity index is 1.61. The van der Waals surface area contributed by atoms with Crippen molar-refractivity contribution < 1.29 is 18.7 Å². The summed E-state index contributed by atoms with van der Waals surface area (Å²) in [6, 6.07) is 5.07. The molecule has 1 atom stereocenters. The fourth-order valence-corrected chi connectivity index (χ4v) is 2.44. The first kappa shape index (κ1) is 14.4. The molecule has 0 saturated carbocycles. The number of hydrogen-bond donors (Lipinski definition) is 0. The molecule has 1 fully saturated rings. The Kier molecular flexibility index (Phi) is 4.22. The minimum atomic E-state index is -0.0905. The van der Waals surface area contributed by atoms with Gasteiger partial charge in [0, 0.05) is 18.7 Å². The lowest BCUT2D eigenvalue weighted by molar-refractivity contribution is 0.0524. The second-order valence-corrected chi connectivity index (χ2v) is 5.06. The Labute approximate surface area is 127 Å². The van der Waals surface area contributed by atoms with Crippen molar-refractivity contribution in [2.75, 3.05) is 20.2 Å². The van der Waals surface area contributed by atoms with E-state index in [1.54, 1.807) is 23.1 Å². The summed E-state index contributed by atoms with van der Waals surface area (Å²) in [6.07, 6.45) is 4.63. The molecule has 116 valence electrons. The lowest BCUT2D eigenvalue weighted by Gasteiger charge is -2.32. The maximum atomic E-state index is 12.3. The zero-order valence-electron chi connectivity index (χ0n) is 12.3. The van der Waals surface area contributed by atoms with Crippen molar-refractivity contribution in [3.63, 3.8) is 0 Å². The highest BCUT2D eigenvalue weighted by Crippen LogP contribution is 2.19. The van der Waals surface area contributed by atoms with E-state index in [0.29, 0.717) is 23.9 Å². The predicted octanol–water partition coefficient (Wildman–Crippen LogP) is 1.76. The van der Waals surface area contributed by atoms with E-state index in [-0.39, 0.29) is 12.0 Å². The van der Waals surface area contributed by atoms with Crippen LogP contribution < -0.4 is 9.47 Å². The van der Waals surface area contributed by atoms with E-state index in [1.165, 1.54) is 19.6 Å². The fraction of sp³-hybridized carbons (Fsp3) is 0.400. The maximum Gasteiger partial charge on any atom is 0.257 e. The summed E-state index contributed by atoms with van der Waals surface area (Å²) in [7, 11) is 1.53. The van der Waals surface area contributed by atoms with Gasteiger partial charge in [0.25, 0.3) is 5.91 Å². The summed E-state index contributed by atoms with van der Waals surface area (Å²) in [6.45, 7) is 1.25. The molecular formula is C15H17N3O4. The normalized spacial score (nSPS) is 18.0. The molecule has 0 aliphatic carbocycles. The van der Waals surface area contributed by atoms with Crippen molar-refractivity contribution in [1.82, 2.24) is 15.1 Å². The fourth-order valence-electron chi connectivity index (χ4n) is 2.44. The van der Waals surface area contributed by atoms with Crippen LogP contribution in [0.4, 0.5) is 0 Å². The quantitative estimate of drug-likeness (QED) is 0.856. The van der Waals surface area contributed by atoms with Crippen molar-refractivity contribution in [3.8, 4) is 11.8 Å². The van der Waals surface area contributed by atoms with E-state index in [1.807, 2.05) is 0 Å². The molecule has 3 heterocycles. The molecule has 1 amide bonds. The van der Waals surface area contributed by atoms with E-state index in [9.17, 15) is 4.79 Å². The number of amides is 1. The van der Waals surface area contributed by atoms with Crippen LogP contribution in [0, 0.1) is 0 Å². The monoisotopic (exact) mass is 303 g/mol. The van der Waals surface area contributed by atoms with Gasteiger partial charge < -0.3 is 18.8 Å². The molecular weight excluding hydrogens is 286 g/mol. The highest BCUT2D eigenvalue weighted by molar-refractivity contribution is 5.93. The number of ether oxygens (including phenoxy) is 2. The molecule has 2 aromatic heterocycles. The molecule has 7 heteroatoms. The van der Waals surface area contributed by atoms with E-state index in [4.69, 9.17) is 13.9 Å². The Hall–Kier alpha value is -2.57. The van der Waals surface area contributed by atoms with Crippen LogP contribution in [0.3, 0.4) is 0 Å². The van der Waals surface area contributed by atoms with Gasteiger partial charge in [-0.15, -0.1) is 10.2 Å². The van der Waals surface area contributed by atoms with E-state index in [2.05, 4.69) is 10.2 Å². The Morgan fingerprint density at radius 1 is 1.32 bits per heavy atom. The van der Waals surface area contributed by atoms with Gasteiger partial charge in [0.05, 0.1) is 25.5 Å². The molecule has 22 heavy (non-hydrogen) atoms. The summed E-state index contributed by atoms with van der Waals surface area (Å²) in [5.74, 6) is 0.832. The molecule has 0 radical (unpaired) electrons. The number of likely N-dealkylation sites (tertiary alicyclic amines) is 1. The van der Waals surface area contributed by atoms with Gasteiger partial charge in [-0.2, -0.15) is 0 Å². The lowest BCUT2D eigenvalue weighted by Crippen LogP contribution is -2.44. The van der Waals surface area contributed by atoms with E-state index < -0.39 is 0 Å². The number of methoxy groups -OCH3 is 1. The van der Waals surface area contributed by atoms with Crippen LogP contribution in [0.25, 0.3) is 0 Å². The zero-order chi connectivity index (χ0) is 15.4. The largest absolute Gasteiger partial charge is 0.480 e. The number of rotatable bonds is 4. The Morgan fingerprint density at radius 3 is 2.82 bits per heavy atom. The Bertz CT molecular complexity index is 612. The number of furan rings is 1. The third-order valence-corrected chi connectivity index (χ3v) is 3.55. The molecule has 1 saturated heterocycles. The first-order valence-corrected chi connectivity index (χ1v) is 7.12. The van der Waals surface area contributed by atoms with Crippen LogP contribution in [0.5, 0.6) is 11.8 Å². The van der Waals surface area contributed by atoms with Crippen molar-refractivity contribution in [2.45, 2.75) is 18.9 Å². The lowest BCUT2D eigenvalue weighted by atomic mass is 10.1. The van der Waals surface area contributed by atoms with Crippen LogP contribution in [-0.2, 0) is 0 Å². The molecule has 1 unspecified atom stereocenters. The van der Waals surface area contributed by atoms with Crippen LogP contribution in [0.2, 0.25) is 0 Å². The minimum absolute atomic E-state index is 0.0390. The van der Waals surface area contributed by atoms with E-state index in [0.717, 1.165) is 19.4 Å². The van der Waals surface area contributed by atoms with Crippen LogP contribution in [-0.4, -0.2) is 47.3 Å². The van der Waals surface area contributed by atoms with Gasteiger partial charge in [0.15, 0.2) is 0 Å². The van der Waals surface area contributed by atoms with Crippen LogP contribution in [0.15, 0.2) is 35.1 Å². The average molecular weight is 303 g/mol. The summed E-state index contributed by atoms with van der Waals surface area (Å²) in [5, 5.41) is 7.82. The second kappa shape index (κ2) is 6.46. The zero-order valence-corrected chi connectivity index (χ0v) is 12.3. The summed E-state index contributed by atoms with van der Waals surface area (Å²) < 4.78 is 15.7. The molecule has 0 N–H and O–H groups in total. The summed E-state index contributed by atoms with van der Waals surface area (Å²) in [5.41, 5.74) is 0.560. The van der Waals surface area contributed by atoms with E-state index >= 15 is 0 Å². The van der Waals surface area contributed by atoms with Crippen molar-refractivity contribution in [3.05, 3.63) is 36.3 Å². The maximum absolute atomic E-state index is 12.3. The standard InChI is InChI=1S/C15H17N3O4/c1-20-13-4-5-14(17-16-13)22-12-3-2-7-18(9-12)15(19)11-6-8-21-10-11/h4-6,8,10,12H,2-3,7,9H2,1H3. The molecule has 0 bridgehead atoms. The number of carbonyl (C=O) groups is 1. The average Bonchev–Trinajstić information content (AvgIpc) is 3.09. The van der Waals surface area contributed by atoms with Crippen molar-refractivity contribution in [1.29, 1.82) is 0 Å². The third-order valence-electron chi connectivity index (χ3n) is 3.55. The van der Waals surface area contributed by atoms with Gasteiger partial charge in [-0.3, -0.25) is 4.79 Å². The van der Waals surface area contributed by atoms with Crippen molar-refractivity contribution in [2.24, 2.45) is 0 Å². The Morgan fingerprint density at radius 2 is 2.14 bits per heavy atom. The first-order chi connectivity index (χ1) is 10.8. The molecule has 1 aliphatic rings. The molecule has 0 aromatic carbocycles. The van der Waals surface area contributed by atoms with Crippen molar-refractivity contribution >= 4 is 5.91 Å². The molecule has 1 aliphatic heterocycles. The number of nitrogens with zero attached hydrogens (tertiary/aromatic N) is 3. The smallest absolute Gasteiger partial charge is 0.257 e. The third kappa shape index (κ3) is 3.19. The highest BCUT2D eigenvalue weighted by Gasteiger charge is 2.26. The highest BCUT2D eigenvalue weighted by atomic mass is 16.5. The molecule has 2 aromatic rings. The van der Waals surface area contributed by atoms with Gasteiger partial charge in [0.2, 0.25) is 11.8 Å². The van der Waals surface area contributed by atoms with Gasteiger partial charge in [-0.1, -0.05) is 0 Å². The van der Waals surface area contributed by atoms with Crippen LogP contribution >= 0.6 is 0 Å². The summed E-state index contributed by atoms with van der Waals surface area (Å²) >= 11 is 0. The van der Waals surface area contributed by atoms with Crippen LogP contribution in [0.1, 0.15) is 23.2 Å². The first-order valence-electron chi connectivity index (χ1n) is 7.12. The predicted molar refractivity (Wildman–Crippen MR) is 76.8 cm³/mol. The van der Waals surface area contributed by atoms with Gasteiger partial charge in [-0.05, 0) is 18.9 Å². The minimum Gasteiger partial charge on any atom is -0.480 e.